The van der Waals surface area contributed by atoms with E-state index in [9.17, 15) is 4.39 Å². The molecule has 1 aliphatic rings. The van der Waals surface area contributed by atoms with Crippen molar-refractivity contribution in [3.63, 3.8) is 0 Å². The summed E-state index contributed by atoms with van der Waals surface area (Å²) in [6.07, 6.45) is 8.41. The molecular formula is C43H65FN4O2. The Balaban J connectivity index is 0.00000163. The van der Waals surface area contributed by atoms with Crippen LogP contribution in [-0.2, 0) is 11.2 Å². The molecule has 276 valence electrons. The molecule has 0 radical (unpaired) electrons. The number of hydrogen-bond acceptors (Lipinski definition) is 5. The molecule has 2 aromatic heterocycles. The number of benzene rings is 2. The summed E-state index contributed by atoms with van der Waals surface area (Å²) in [6.45, 7) is 30.7. The van der Waals surface area contributed by atoms with Gasteiger partial charge < -0.3 is 15.5 Å². The summed E-state index contributed by atoms with van der Waals surface area (Å²) in [5.74, 6) is 1.46. The zero-order chi connectivity index (χ0) is 38.4. The molecule has 1 saturated carbocycles. The highest BCUT2D eigenvalue weighted by Gasteiger charge is 2.29. The highest BCUT2D eigenvalue weighted by molar-refractivity contribution is 5.82. The van der Waals surface area contributed by atoms with Crippen LogP contribution in [0.25, 0.3) is 28.1 Å². The number of aromatic nitrogens is 2. The normalized spacial score (nSPS) is 11.5. The number of nitrogens with zero attached hydrogens (tertiary/aromatic N) is 2. The molecule has 0 spiro atoms. The molecule has 1 amide bonds. The average Bonchev–Trinajstić information content (AvgIpc) is 3.86. The number of aryl methyl sites for hydroxylation is 2. The van der Waals surface area contributed by atoms with Gasteiger partial charge in [0.15, 0.2) is 11.5 Å². The van der Waals surface area contributed by atoms with Crippen LogP contribution in [0.1, 0.15) is 140 Å². The fourth-order valence-corrected chi connectivity index (χ4v) is 4.85. The van der Waals surface area contributed by atoms with Crippen molar-refractivity contribution >= 4 is 23.2 Å². The van der Waals surface area contributed by atoms with E-state index in [0.717, 1.165) is 68.3 Å². The Labute approximate surface area is 302 Å². The molecule has 5 rings (SSSR count). The molecule has 1 aliphatic carbocycles. The van der Waals surface area contributed by atoms with E-state index < -0.39 is 0 Å². The van der Waals surface area contributed by atoms with E-state index >= 15 is 0 Å². The second-order valence-corrected chi connectivity index (χ2v) is 11.9. The molecule has 2 heterocycles. The fourth-order valence-electron chi connectivity index (χ4n) is 4.85. The van der Waals surface area contributed by atoms with Crippen molar-refractivity contribution in [3.05, 3.63) is 100 Å². The molecule has 0 atom stereocenters. The van der Waals surface area contributed by atoms with E-state index in [4.69, 9.17) is 19.2 Å². The summed E-state index contributed by atoms with van der Waals surface area (Å²) in [5, 5.41) is 3.58. The van der Waals surface area contributed by atoms with E-state index in [1.165, 1.54) is 19.3 Å². The van der Waals surface area contributed by atoms with Gasteiger partial charge >= 0.3 is 0 Å². The number of fused-ring (bicyclic) bond motifs is 1. The molecular weight excluding hydrogens is 623 g/mol. The third-order valence-electron chi connectivity index (χ3n) is 7.42. The van der Waals surface area contributed by atoms with Crippen LogP contribution in [-0.4, -0.2) is 22.9 Å². The summed E-state index contributed by atoms with van der Waals surface area (Å²) in [6, 6.07) is 11.7. The molecule has 3 N–H and O–H groups in total. The maximum absolute atomic E-state index is 14.9. The number of primary amides is 1. The molecule has 0 aliphatic heterocycles. The first-order valence-electron chi connectivity index (χ1n) is 18.3. The maximum atomic E-state index is 14.9. The second kappa shape index (κ2) is 24.8. The molecule has 0 unspecified atom stereocenters. The van der Waals surface area contributed by atoms with Gasteiger partial charge in [-0.25, -0.2) is 9.37 Å². The average molecular weight is 689 g/mol. The summed E-state index contributed by atoms with van der Waals surface area (Å²) < 4.78 is 21.0. The topological polar surface area (TPSA) is 94.0 Å². The lowest BCUT2D eigenvalue weighted by Crippen LogP contribution is -2.17. The standard InChI is InChI=1S/C32H36FN3O.C3H8.C3H6.2C2H6.CH3NO/c1-7-28(24-14-20(5)30-29(17-24)37-32(36-30)22-8-9-22)34-13-12-25-15-19(4)21(6)31(35-25)26-16-23(18(2)3)10-11-27(26)33;2*1-3-2;2*1-2;2-1-3/h7,10-11,14-18,22,34H,8-9,12-13H2,1-6H3;3H2,1-2H3;3H,1H2,2H3;2*1-2H3;1H,(H2,2,3). The van der Waals surface area contributed by atoms with Gasteiger partial charge in [0.1, 0.15) is 11.3 Å². The number of nitrogens with two attached hydrogens (primary N) is 1. The van der Waals surface area contributed by atoms with Crippen LogP contribution in [0.4, 0.5) is 4.39 Å². The molecule has 0 bridgehead atoms. The van der Waals surface area contributed by atoms with Crippen LogP contribution in [0.5, 0.6) is 0 Å². The SMILES string of the molecule is C=CC.CC.CC.CC=C(NCCc1cc(C)c(C)c(-c2cc(C(C)C)ccc2F)n1)c1cc(C)c2nc(C3CC3)oc2c1.CCC.NC=O. The Morgan fingerprint density at radius 1 is 1.02 bits per heavy atom. The monoisotopic (exact) mass is 689 g/mol. The first kappa shape index (κ1) is 45.7. The minimum absolute atomic E-state index is 0.228. The smallest absolute Gasteiger partial charge is 0.204 e. The maximum Gasteiger partial charge on any atom is 0.204 e. The molecule has 4 aromatic rings. The number of hydrogen-bond donors (Lipinski definition) is 2. The molecule has 0 saturated heterocycles. The number of carbonyl (C=O) groups excluding carboxylic acids is 1. The Hall–Kier alpha value is -4.26. The van der Waals surface area contributed by atoms with Crippen molar-refractivity contribution in [2.75, 3.05) is 6.54 Å². The largest absolute Gasteiger partial charge is 0.440 e. The summed E-state index contributed by atoms with van der Waals surface area (Å²) in [7, 11) is 0. The number of pyridine rings is 1. The third kappa shape index (κ3) is 13.9. The predicted octanol–water partition coefficient (Wildman–Crippen LogP) is 11.9. The van der Waals surface area contributed by atoms with Gasteiger partial charge in [0, 0.05) is 41.4 Å². The van der Waals surface area contributed by atoms with Gasteiger partial charge in [-0.05, 0) is 106 Å². The first-order chi connectivity index (χ1) is 24.0. The van der Waals surface area contributed by atoms with Crippen molar-refractivity contribution in [2.45, 2.75) is 128 Å². The Kier molecular flexibility index (Phi) is 22.7. The quantitative estimate of drug-likeness (QED) is 0.142. The number of carbonyl (C=O) groups is 1. The minimum atomic E-state index is -0.228. The number of halogens is 1. The van der Waals surface area contributed by atoms with Crippen LogP contribution in [0.3, 0.4) is 0 Å². The zero-order valence-corrected chi connectivity index (χ0v) is 33.3. The van der Waals surface area contributed by atoms with Crippen molar-refractivity contribution in [2.24, 2.45) is 5.73 Å². The van der Waals surface area contributed by atoms with Gasteiger partial charge in [-0.1, -0.05) is 80.0 Å². The molecule has 6 nitrogen and oxygen atoms in total. The van der Waals surface area contributed by atoms with Crippen LogP contribution >= 0.6 is 0 Å². The summed E-state index contributed by atoms with van der Waals surface area (Å²) in [5.41, 5.74) is 14.8. The second-order valence-electron chi connectivity index (χ2n) is 11.9. The summed E-state index contributed by atoms with van der Waals surface area (Å²) >= 11 is 0. The zero-order valence-electron chi connectivity index (χ0n) is 33.3. The number of nitrogens with one attached hydrogen (secondary N) is 1. The van der Waals surface area contributed by atoms with Gasteiger partial charge in [-0.15, -0.1) is 6.58 Å². The lowest BCUT2D eigenvalue weighted by Gasteiger charge is -2.15. The van der Waals surface area contributed by atoms with Crippen molar-refractivity contribution in [1.82, 2.24) is 15.3 Å². The van der Waals surface area contributed by atoms with E-state index in [2.05, 4.69) is 83.4 Å². The van der Waals surface area contributed by atoms with Crippen LogP contribution < -0.4 is 11.1 Å². The molecule has 2 aromatic carbocycles. The first-order valence-corrected chi connectivity index (χ1v) is 18.3. The van der Waals surface area contributed by atoms with Gasteiger partial charge in [0.2, 0.25) is 6.41 Å². The van der Waals surface area contributed by atoms with Crippen LogP contribution in [0.15, 0.2) is 59.5 Å². The van der Waals surface area contributed by atoms with Gasteiger partial charge in [-0.2, -0.15) is 0 Å². The van der Waals surface area contributed by atoms with Gasteiger partial charge in [-0.3, -0.25) is 9.78 Å². The summed E-state index contributed by atoms with van der Waals surface area (Å²) in [4.78, 5) is 18.2. The minimum Gasteiger partial charge on any atom is -0.440 e. The number of allylic oxidation sites excluding steroid dienone is 2. The Bertz CT molecular complexity index is 1610. The number of rotatable bonds is 8. The van der Waals surface area contributed by atoms with Crippen LogP contribution in [0, 0.1) is 26.6 Å². The van der Waals surface area contributed by atoms with Crippen molar-refractivity contribution in [3.8, 4) is 11.3 Å². The molecule has 50 heavy (non-hydrogen) atoms. The fraction of sp³-hybridized carbons (Fsp3) is 0.465. The van der Waals surface area contributed by atoms with Crippen LogP contribution in [0.2, 0.25) is 0 Å². The lowest BCUT2D eigenvalue weighted by atomic mass is 9.96. The van der Waals surface area contributed by atoms with E-state index in [1.807, 2.05) is 60.6 Å². The molecule has 1 fully saturated rings. The highest BCUT2D eigenvalue weighted by atomic mass is 19.1. The number of oxazole rings is 1. The number of amides is 1. The third-order valence-corrected chi connectivity index (χ3v) is 7.42. The predicted molar refractivity (Wildman–Crippen MR) is 214 cm³/mol. The van der Waals surface area contributed by atoms with Gasteiger partial charge in [0.05, 0.1) is 5.69 Å². The lowest BCUT2D eigenvalue weighted by molar-refractivity contribution is -0.106. The van der Waals surface area contributed by atoms with E-state index in [0.29, 0.717) is 23.9 Å². The highest BCUT2D eigenvalue weighted by Crippen LogP contribution is 2.41. The van der Waals surface area contributed by atoms with Gasteiger partial charge in [0.25, 0.3) is 0 Å². The Morgan fingerprint density at radius 2 is 1.60 bits per heavy atom. The van der Waals surface area contributed by atoms with E-state index in [1.54, 1.807) is 12.1 Å². The molecule has 7 heteroatoms. The van der Waals surface area contributed by atoms with Crippen molar-refractivity contribution in [1.29, 1.82) is 0 Å². The van der Waals surface area contributed by atoms with Crippen molar-refractivity contribution < 1.29 is 13.6 Å². The van der Waals surface area contributed by atoms with E-state index in [-0.39, 0.29) is 12.2 Å². The Morgan fingerprint density at radius 3 is 2.12 bits per heavy atom.